The van der Waals surface area contributed by atoms with Gasteiger partial charge in [0.2, 0.25) is 0 Å². The fourth-order valence-electron chi connectivity index (χ4n) is 1.71. The molecule has 0 radical (unpaired) electrons. The zero-order valence-electron chi connectivity index (χ0n) is 14.6. The number of rotatable bonds is 0. The Balaban J connectivity index is 0. The van der Waals surface area contributed by atoms with Gasteiger partial charge in [-0.25, -0.2) is 24.3 Å². The molecule has 0 fully saturated rings. The Labute approximate surface area is 179 Å². The molecule has 0 heterocycles. The van der Waals surface area contributed by atoms with Gasteiger partial charge in [0.15, 0.2) is 0 Å². The van der Waals surface area contributed by atoms with E-state index in [1.54, 1.807) is 23.3 Å². The summed E-state index contributed by atoms with van der Waals surface area (Å²) in [5.41, 5.74) is 0.210. The third-order valence-electron chi connectivity index (χ3n) is 2.66. The van der Waals surface area contributed by atoms with Gasteiger partial charge < -0.3 is 0 Å². The van der Waals surface area contributed by atoms with Crippen LogP contribution in [0.4, 0.5) is 0 Å². The maximum Gasteiger partial charge on any atom is -0.0809 e. The summed E-state index contributed by atoms with van der Waals surface area (Å²) >= 11 is 1.74. The molecule has 0 amide bonds. The van der Waals surface area contributed by atoms with Crippen molar-refractivity contribution in [3.8, 4) is 0 Å². The fraction of sp³-hybridized carbons (Fsp3) is 0.0952. The number of benzene rings is 1. The zero-order valence-corrected chi connectivity index (χ0v) is 19.7. The van der Waals surface area contributed by atoms with Crippen molar-refractivity contribution in [3.05, 3.63) is 103 Å². The van der Waals surface area contributed by atoms with E-state index in [9.17, 15) is 0 Å². The molecule has 25 heavy (non-hydrogen) atoms. The average Bonchev–Trinajstić information content (AvgIpc) is 3.31. The maximum atomic E-state index is 2.31. The summed E-state index contributed by atoms with van der Waals surface area (Å²) in [4.78, 5) is 0. The van der Waals surface area contributed by atoms with Crippen LogP contribution in [0.15, 0.2) is 103 Å². The van der Waals surface area contributed by atoms with Gasteiger partial charge in [-0.2, -0.15) is 53.9 Å². The molecule has 0 atom stereocenters. The molecule has 0 bridgehead atoms. The van der Waals surface area contributed by atoms with Crippen LogP contribution in [-0.2, 0) is 23.3 Å². The molecule has 0 unspecified atom stereocenters. The molecule has 0 aliphatic rings. The van der Waals surface area contributed by atoms with Gasteiger partial charge >= 0.3 is 41.9 Å². The van der Waals surface area contributed by atoms with E-state index >= 15 is 0 Å². The number of halogens is 2. The van der Waals surface area contributed by atoms with Crippen molar-refractivity contribution in [2.24, 2.45) is 0 Å². The number of hydrogen-bond acceptors (Lipinski definition) is 0. The second kappa shape index (κ2) is 18.0. The van der Waals surface area contributed by atoms with Crippen LogP contribution in [0.2, 0.25) is 13.1 Å². The quantitative estimate of drug-likeness (QED) is 0.193. The molecule has 0 aromatic heterocycles. The Morgan fingerprint density at radius 2 is 1.12 bits per heavy atom. The van der Waals surface area contributed by atoms with Crippen LogP contribution in [0.25, 0.3) is 10.8 Å². The minimum Gasteiger partial charge on any atom is -0.214 e. The smallest absolute Gasteiger partial charge is 0.0809 e. The molecular formula is C21H25Cl2SiZr-3. The predicted molar refractivity (Wildman–Crippen MR) is 116 cm³/mol. The Kier molecular flexibility index (Phi) is 19.1. The molecule has 0 saturated carbocycles. The first-order valence-corrected chi connectivity index (χ1v) is 13.8. The molecule has 0 aliphatic carbocycles. The van der Waals surface area contributed by atoms with Crippen molar-refractivity contribution in [2.45, 2.75) is 13.1 Å². The summed E-state index contributed by atoms with van der Waals surface area (Å²) in [5.74, 6) is 0. The zero-order chi connectivity index (χ0) is 16.8. The van der Waals surface area contributed by atoms with E-state index in [1.807, 2.05) is 60.7 Å². The van der Waals surface area contributed by atoms with Gasteiger partial charge in [0.1, 0.15) is 0 Å². The van der Waals surface area contributed by atoms with Crippen LogP contribution >= 0.6 is 24.8 Å². The molecule has 0 aliphatic heterocycles. The van der Waals surface area contributed by atoms with E-state index in [-0.39, 0.29) is 30.2 Å². The Morgan fingerprint density at radius 1 is 0.680 bits per heavy atom. The van der Waals surface area contributed by atoms with Crippen LogP contribution in [0, 0.1) is 0 Å². The van der Waals surface area contributed by atoms with E-state index in [2.05, 4.69) is 55.6 Å². The van der Waals surface area contributed by atoms with Gasteiger partial charge in [-0.3, -0.25) is 0 Å². The van der Waals surface area contributed by atoms with Gasteiger partial charge in [-0.1, -0.05) is 6.07 Å². The normalized spacial score (nSPS) is 7.88. The molecule has 0 nitrogen and oxygen atoms in total. The second-order valence-electron chi connectivity index (χ2n) is 5.08. The van der Waals surface area contributed by atoms with Gasteiger partial charge in [0.05, 0.1) is 0 Å². The molecule has 4 aromatic rings. The van der Waals surface area contributed by atoms with E-state index in [0.29, 0.717) is 0 Å². The molecule has 4 rings (SSSR count). The first-order valence-electron chi connectivity index (χ1n) is 7.65. The molecule has 0 spiro atoms. The van der Waals surface area contributed by atoms with Crippen LogP contribution in [0.5, 0.6) is 0 Å². The Morgan fingerprint density at radius 3 is 1.48 bits per heavy atom. The summed E-state index contributed by atoms with van der Waals surface area (Å²) in [6, 6.07) is 34.7. The standard InChI is InChI=1S/C9H7.2C5H5.C2H6Si.2ClH.Zr/c1-2-5-9-7-3-6-8(9)4-1;2*1-2-4-5-3-1;1-3-2;;;/h1-7H;2*1-5H;1-2H3;2*1H;/q3*-1;;;;. The molecule has 0 N–H and O–H groups in total. The summed E-state index contributed by atoms with van der Waals surface area (Å²) in [6.45, 7) is 4.62. The first kappa shape index (κ1) is 26.4. The third-order valence-corrected chi connectivity index (χ3v) is 2.66. The van der Waals surface area contributed by atoms with Gasteiger partial charge in [0.25, 0.3) is 0 Å². The van der Waals surface area contributed by atoms with Crippen molar-refractivity contribution in [1.29, 1.82) is 0 Å². The molecule has 0 saturated heterocycles. The summed E-state index contributed by atoms with van der Waals surface area (Å²) in [5, 5.41) is 2.66. The van der Waals surface area contributed by atoms with Crippen LogP contribution in [0.3, 0.4) is 0 Å². The second-order valence-corrected chi connectivity index (χ2v) is 14.5. The van der Waals surface area contributed by atoms with Gasteiger partial charge in [-0.05, 0) is 0 Å². The fourth-order valence-corrected chi connectivity index (χ4v) is 1.71. The molecule has 4 aromatic carbocycles. The minimum atomic E-state index is 0. The number of hydrogen-bond donors (Lipinski definition) is 0. The van der Waals surface area contributed by atoms with E-state index in [1.165, 1.54) is 10.8 Å². The van der Waals surface area contributed by atoms with Crippen molar-refractivity contribution < 1.29 is 23.3 Å². The molecule has 4 heteroatoms. The average molecular weight is 468 g/mol. The Hall–Kier alpha value is -0.790. The van der Waals surface area contributed by atoms with Crippen LogP contribution in [-0.4, -0.2) is 5.43 Å². The minimum absolute atomic E-state index is 0. The monoisotopic (exact) mass is 465 g/mol. The summed E-state index contributed by atoms with van der Waals surface area (Å²) < 4.78 is 0. The maximum absolute atomic E-state index is 2.31. The van der Waals surface area contributed by atoms with Crippen LogP contribution < -0.4 is 0 Å². The van der Waals surface area contributed by atoms with Crippen molar-refractivity contribution in [3.63, 3.8) is 0 Å². The molecular weight excluding hydrogens is 442 g/mol. The summed E-state index contributed by atoms with van der Waals surface area (Å²) in [6.07, 6.45) is 0. The first-order chi connectivity index (χ1) is 11.2. The van der Waals surface area contributed by atoms with Crippen molar-refractivity contribution in [2.75, 3.05) is 0 Å². The van der Waals surface area contributed by atoms with Crippen LogP contribution in [0.1, 0.15) is 0 Å². The SMILES string of the molecule is C[Si](C)=[Zr].Cl.Cl.c1cc[cH-]c1.c1cc[cH-]c1.c1ccc2[cH-]ccc2c1. The topological polar surface area (TPSA) is 0 Å². The third kappa shape index (κ3) is 15.2. The van der Waals surface area contributed by atoms with E-state index < -0.39 is 0 Å². The van der Waals surface area contributed by atoms with E-state index in [0.717, 1.165) is 0 Å². The largest absolute Gasteiger partial charge is 0.214 e. The van der Waals surface area contributed by atoms with Crippen molar-refractivity contribution >= 4 is 41.0 Å². The molecule has 134 valence electrons. The number of fused-ring (bicyclic) bond motifs is 1. The Bertz CT molecular complexity index is 633. The summed E-state index contributed by atoms with van der Waals surface area (Å²) in [7, 11) is 0. The van der Waals surface area contributed by atoms with E-state index in [4.69, 9.17) is 0 Å². The van der Waals surface area contributed by atoms with Crippen molar-refractivity contribution in [1.82, 2.24) is 0 Å². The van der Waals surface area contributed by atoms with Gasteiger partial charge in [0, 0.05) is 0 Å². The predicted octanol–water partition coefficient (Wildman–Crippen LogP) is 7.00. The van der Waals surface area contributed by atoms with Gasteiger partial charge in [-0.15, -0.1) is 54.5 Å².